The average Bonchev–Trinajstić information content (AvgIpc) is 1.82. The average molecular weight is 220 g/mol. The summed E-state index contributed by atoms with van der Waals surface area (Å²) in [6, 6.07) is 0. The fourth-order valence-electron chi connectivity index (χ4n) is 0.196. The van der Waals surface area contributed by atoms with E-state index in [4.69, 9.17) is 45.9 Å². The third kappa shape index (κ3) is 5.23. The number of hydrogen-bond donors (Lipinski definition) is 2. The number of nitrogens with one attached hydrogen (secondary N) is 1. The van der Waals surface area contributed by atoms with Crippen LogP contribution in [0.3, 0.4) is 0 Å². The molecule has 6 heteroatoms. The lowest BCUT2D eigenvalue weighted by molar-refractivity contribution is 1.50. The normalized spacial score (nSPS) is 9.10. The van der Waals surface area contributed by atoms with Gasteiger partial charge in [0.05, 0.1) is 5.03 Å². The number of hydrogen-bond acceptors (Lipinski definition) is 2. The van der Waals surface area contributed by atoms with Crippen molar-refractivity contribution in [3.8, 4) is 0 Å². The summed E-state index contributed by atoms with van der Waals surface area (Å²) in [7, 11) is 0. The molecular weight excluding hydrogens is 214 g/mol. The molecule has 0 atom stereocenters. The van der Waals surface area contributed by atoms with Crippen molar-refractivity contribution < 1.29 is 0 Å². The van der Waals surface area contributed by atoms with Gasteiger partial charge in [-0.05, 0) is 0 Å². The monoisotopic (exact) mass is 218 g/mol. The van der Waals surface area contributed by atoms with Crippen LogP contribution in [0, 0.1) is 5.41 Å². The summed E-state index contributed by atoms with van der Waals surface area (Å²) in [5, 5.41) is 7.10. The van der Waals surface area contributed by atoms with Gasteiger partial charge in [0.2, 0.25) is 0 Å². The van der Waals surface area contributed by atoms with Crippen molar-refractivity contribution >= 4 is 51.7 Å². The minimum atomic E-state index is -0.00673. The van der Waals surface area contributed by atoms with Crippen LogP contribution in [0.5, 0.6) is 0 Å². The summed E-state index contributed by atoms with van der Waals surface area (Å²) >= 11 is 17.2. The Balaban J connectivity index is 3.71. The summed E-state index contributed by atoms with van der Waals surface area (Å²) in [5.41, 5.74) is 5.02. The largest absolute Gasteiger partial charge is 0.379 e. The molecule has 0 rings (SSSR count). The topological polar surface area (TPSA) is 49.9 Å². The van der Waals surface area contributed by atoms with Gasteiger partial charge in [-0.3, -0.25) is 5.41 Å². The minimum absolute atomic E-state index is 0.00673. The molecule has 0 saturated carbocycles. The first-order valence-electron chi connectivity index (χ1n) is 2.20. The van der Waals surface area contributed by atoms with Gasteiger partial charge in [-0.15, -0.1) is 0 Å². The van der Waals surface area contributed by atoms with E-state index in [0.29, 0.717) is 10.8 Å². The fraction of sp³-hybridized carbons (Fsp3) is 0.250. The number of nitrogens with two attached hydrogens (primary N) is 1. The van der Waals surface area contributed by atoms with E-state index in [1.54, 1.807) is 0 Å². The van der Waals surface area contributed by atoms with Gasteiger partial charge in [-0.2, -0.15) is 0 Å². The highest BCUT2D eigenvalue weighted by atomic mass is 35.5. The Bertz CT molecular complexity index is 164. The maximum atomic E-state index is 6.80. The molecule has 0 spiro atoms. The molecule has 0 unspecified atom stereocenters. The fourth-order valence-corrected chi connectivity index (χ4v) is 1.08. The van der Waals surface area contributed by atoms with Crippen LogP contribution in [0.25, 0.3) is 0 Å². The van der Waals surface area contributed by atoms with Crippen molar-refractivity contribution in [2.75, 3.05) is 5.75 Å². The lowest BCUT2D eigenvalue weighted by Gasteiger charge is -1.95. The van der Waals surface area contributed by atoms with Gasteiger partial charge in [0, 0.05) is 5.75 Å². The molecule has 3 N–H and O–H groups in total. The number of amidine groups is 1. The van der Waals surface area contributed by atoms with Gasteiger partial charge in [0.25, 0.3) is 0 Å². The Hall–Kier alpha value is 0.430. The second-order valence-electron chi connectivity index (χ2n) is 1.32. The lowest BCUT2D eigenvalue weighted by atomic mass is 10.7. The summed E-state index contributed by atoms with van der Waals surface area (Å²) in [5.74, 6) is 0.346. The summed E-state index contributed by atoms with van der Waals surface area (Å²) in [6.45, 7) is 0. The van der Waals surface area contributed by atoms with Crippen molar-refractivity contribution in [3.63, 3.8) is 0 Å². The Morgan fingerprint density at radius 1 is 1.40 bits per heavy atom. The first-order chi connectivity index (χ1) is 4.54. The van der Waals surface area contributed by atoms with Crippen molar-refractivity contribution in [2.24, 2.45) is 5.73 Å². The van der Waals surface area contributed by atoms with Gasteiger partial charge in [-0.25, -0.2) is 0 Å². The standard InChI is InChI=1S/C4H5Cl3N2S/c5-2(3(6)7)1-10-4(8)9/h1H2,(H3,8,9). The quantitative estimate of drug-likeness (QED) is 0.554. The highest BCUT2D eigenvalue weighted by Gasteiger charge is 1.99. The molecular formula is C4H5Cl3N2S. The smallest absolute Gasteiger partial charge is 0.151 e. The summed E-state index contributed by atoms with van der Waals surface area (Å²) in [4.78, 5) is 0. The zero-order chi connectivity index (χ0) is 8.15. The van der Waals surface area contributed by atoms with E-state index in [2.05, 4.69) is 0 Å². The van der Waals surface area contributed by atoms with Crippen LogP contribution in [-0.4, -0.2) is 10.9 Å². The maximum Gasteiger partial charge on any atom is 0.151 e. The number of halogens is 3. The zero-order valence-electron chi connectivity index (χ0n) is 4.83. The molecule has 0 heterocycles. The minimum Gasteiger partial charge on any atom is -0.379 e. The Kier molecular flexibility index (Phi) is 5.35. The van der Waals surface area contributed by atoms with Gasteiger partial charge >= 0.3 is 0 Å². The van der Waals surface area contributed by atoms with Crippen molar-refractivity contribution in [2.45, 2.75) is 0 Å². The van der Waals surface area contributed by atoms with Crippen LogP contribution >= 0.6 is 46.6 Å². The predicted octanol–water partition coefficient (Wildman–Crippen LogP) is 2.50. The molecule has 0 aliphatic heterocycles. The summed E-state index contributed by atoms with van der Waals surface area (Å²) < 4.78 is 0.0235. The van der Waals surface area contributed by atoms with Crippen LogP contribution in [0.1, 0.15) is 0 Å². The van der Waals surface area contributed by atoms with Crippen molar-refractivity contribution in [1.29, 1.82) is 5.41 Å². The van der Waals surface area contributed by atoms with E-state index in [-0.39, 0.29) is 9.66 Å². The molecule has 2 nitrogen and oxygen atoms in total. The van der Waals surface area contributed by atoms with Gasteiger partial charge in [0.1, 0.15) is 4.49 Å². The van der Waals surface area contributed by atoms with Gasteiger partial charge in [-0.1, -0.05) is 46.6 Å². The molecule has 0 aromatic heterocycles. The number of thioether (sulfide) groups is 1. The van der Waals surface area contributed by atoms with Crippen LogP contribution < -0.4 is 5.73 Å². The molecule has 0 amide bonds. The van der Waals surface area contributed by atoms with Crippen LogP contribution in [-0.2, 0) is 0 Å². The molecule has 0 fully saturated rings. The molecule has 0 bridgehead atoms. The Labute approximate surface area is 78.2 Å². The lowest BCUT2D eigenvalue weighted by Crippen LogP contribution is -2.04. The zero-order valence-corrected chi connectivity index (χ0v) is 7.91. The molecule has 58 valence electrons. The van der Waals surface area contributed by atoms with E-state index in [0.717, 1.165) is 11.8 Å². The van der Waals surface area contributed by atoms with Gasteiger partial charge in [0.15, 0.2) is 5.17 Å². The van der Waals surface area contributed by atoms with Gasteiger partial charge < -0.3 is 5.73 Å². The van der Waals surface area contributed by atoms with Crippen LogP contribution in [0.15, 0.2) is 9.52 Å². The molecule has 0 aliphatic carbocycles. The predicted molar refractivity (Wildman–Crippen MR) is 49.0 cm³/mol. The van der Waals surface area contributed by atoms with Crippen molar-refractivity contribution in [3.05, 3.63) is 9.52 Å². The second kappa shape index (κ2) is 5.13. The van der Waals surface area contributed by atoms with Crippen molar-refractivity contribution in [1.82, 2.24) is 0 Å². The molecule has 0 aliphatic rings. The first-order valence-corrected chi connectivity index (χ1v) is 4.32. The SMILES string of the molecule is N=C(N)SCC(Cl)=C(Cl)Cl. The van der Waals surface area contributed by atoms with E-state index >= 15 is 0 Å². The summed E-state index contributed by atoms with van der Waals surface area (Å²) in [6.07, 6.45) is 0. The second-order valence-corrected chi connectivity index (χ2v) is 3.74. The highest BCUT2D eigenvalue weighted by Crippen LogP contribution is 2.21. The molecule has 0 radical (unpaired) electrons. The van der Waals surface area contributed by atoms with Crippen LogP contribution in [0.2, 0.25) is 0 Å². The Morgan fingerprint density at radius 3 is 2.20 bits per heavy atom. The Morgan fingerprint density at radius 2 is 1.90 bits per heavy atom. The molecule has 0 saturated heterocycles. The van der Waals surface area contributed by atoms with E-state index in [1.807, 2.05) is 0 Å². The maximum absolute atomic E-state index is 6.80. The third-order valence-corrected chi connectivity index (χ3v) is 2.43. The number of rotatable bonds is 2. The molecule has 0 aromatic rings. The van der Waals surface area contributed by atoms with E-state index in [9.17, 15) is 0 Å². The molecule has 0 aromatic carbocycles. The highest BCUT2D eigenvalue weighted by molar-refractivity contribution is 8.13. The molecule has 10 heavy (non-hydrogen) atoms. The van der Waals surface area contributed by atoms with Crippen LogP contribution in [0.4, 0.5) is 0 Å². The van der Waals surface area contributed by atoms with E-state index in [1.165, 1.54) is 0 Å². The first kappa shape index (κ1) is 10.4. The third-order valence-electron chi connectivity index (χ3n) is 0.559. The van der Waals surface area contributed by atoms with E-state index < -0.39 is 0 Å².